The highest BCUT2D eigenvalue weighted by Gasteiger charge is 2.19. The molecule has 0 bridgehead atoms. The average molecular weight is 675 g/mol. The molecule has 234 valence electrons. The Morgan fingerprint density at radius 2 is 0.804 bits per heavy atom. The van der Waals surface area contributed by atoms with Crippen molar-refractivity contribution < 1.29 is 0 Å². The topological polar surface area (TPSA) is 0 Å². The van der Waals surface area contributed by atoms with E-state index in [1.807, 2.05) is 45.3 Å². The first-order chi connectivity index (χ1) is 22.7. The highest BCUT2D eigenvalue weighted by atomic mass is 32.1. The van der Waals surface area contributed by atoms with E-state index in [1.165, 1.54) is 137 Å². The largest absolute Gasteiger partial charge is 0.143 e. The van der Waals surface area contributed by atoms with Gasteiger partial charge in [0.05, 0.1) is 0 Å². The molecule has 0 radical (unpaired) electrons. The van der Waals surface area contributed by atoms with E-state index in [0.717, 1.165) is 0 Å². The summed E-state index contributed by atoms with van der Waals surface area (Å²) in [6.07, 6.45) is 12.9. The van der Waals surface area contributed by atoms with Crippen molar-refractivity contribution in [2.75, 3.05) is 0 Å². The Kier molecular flexibility index (Phi) is 10.2. The Bertz CT molecular complexity index is 1840. The van der Waals surface area contributed by atoms with Gasteiger partial charge in [0.2, 0.25) is 0 Å². The molecule has 46 heavy (non-hydrogen) atoms. The zero-order valence-electron chi connectivity index (χ0n) is 26.9. The summed E-state index contributed by atoms with van der Waals surface area (Å²) in [5, 5.41) is 10.1. The lowest BCUT2D eigenvalue weighted by Gasteiger charge is -2.15. The molecule has 4 aromatic heterocycles. The van der Waals surface area contributed by atoms with Crippen molar-refractivity contribution in [1.82, 2.24) is 0 Å². The minimum atomic E-state index is 1.20. The van der Waals surface area contributed by atoms with Gasteiger partial charge in [0, 0.05) is 40.4 Å². The summed E-state index contributed by atoms with van der Waals surface area (Å²) >= 11 is 7.69. The molecule has 7 aromatic rings. The molecule has 0 aliphatic heterocycles. The number of hydrogen-bond acceptors (Lipinski definition) is 4. The van der Waals surface area contributed by atoms with E-state index in [-0.39, 0.29) is 0 Å². The van der Waals surface area contributed by atoms with Crippen LogP contribution in [0.5, 0.6) is 0 Å². The van der Waals surface area contributed by atoms with Crippen LogP contribution in [0.2, 0.25) is 0 Å². The smallest absolute Gasteiger partial charge is 0.0449 e. The molecular formula is C42H42S4. The monoisotopic (exact) mass is 674 g/mol. The first kappa shape index (κ1) is 31.6. The first-order valence-corrected chi connectivity index (χ1v) is 20.4. The third-order valence-corrected chi connectivity index (χ3v) is 13.6. The van der Waals surface area contributed by atoms with Crippen molar-refractivity contribution in [3.8, 4) is 40.4 Å². The molecule has 0 spiro atoms. The summed E-state index contributed by atoms with van der Waals surface area (Å²) in [6.45, 7) is 4.57. The van der Waals surface area contributed by atoms with Gasteiger partial charge in [0.1, 0.15) is 0 Å². The van der Waals surface area contributed by atoms with E-state index in [4.69, 9.17) is 0 Å². The van der Waals surface area contributed by atoms with Gasteiger partial charge in [-0.05, 0) is 106 Å². The second kappa shape index (κ2) is 14.8. The van der Waals surface area contributed by atoms with Crippen LogP contribution in [0, 0.1) is 0 Å². The van der Waals surface area contributed by atoms with Gasteiger partial charge in [-0.1, -0.05) is 101 Å². The summed E-state index contributed by atoms with van der Waals surface area (Å²) in [5.41, 5.74) is 5.72. The summed E-state index contributed by atoms with van der Waals surface area (Å²) in [5.74, 6) is 0. The van der Waals surface area contributed by atoms with E-state index in [1.54, 1.807) is 0 Å². The number of hydrogen-bond donors (Lipinski definition) is 0. The Hall–Kier alpha value is -3.02. The number of unbranched alkanes of at least 4 members (excludes halogenated alkanes) is 6. The highest BCUT2D eigenvalue weighted by Crippen LogP contribution is 2.49. The summed E-state index contributed by atoms with van der Waals surface area (Å²) in [7, 11) is 0. The van der Waals surface area contributed by atoms with Crippen molar-refractivity contribution in [2.24, 2.45) is 0 Å². The maximum Gasteiger partial charge on any atom is 0.0449 e. The zero-order valence-corrected chi connectivity index (χ0v) is 30.2. The van der Waals surface area contributed by atoms with E-state index in [9.17, 15) is 0 Å². The van der Waals surface area contributed by atoms with Crippen LogP contribution < -0.4 is 0 Å². The fraction of sp³-hybridized carbons (Fsp3) is 0.286. The van der Waals surface area contributed by atoms with Crippen LogP contribution in [0.15, 0.2) is 95.7 Å². The molecule has 4 heterocycles. The van der Waals surface area contributed by atoms with Crippen LogP contribution in [-0.2, 0) is 12.8 Å². The van der Waals surface area contributed by atoms with Gasteiger partial charge >= 0.3 is 0 Å². The van der Waals surface area contributed by atoms with Crippen LogP contribution in [0.25, 0.3) is 61.9 Å². The molecule has 4 heteroatoms. The van der Waals surface area contributed by atoms with Gasteiger partial charge in [0.15, 0.2) is 0 Å². The van der Waals surface area contributed by atoms with E-state index >= 15 is 0 Å². The molecule has 0 amide bonds. The number of fused-ring (bicyclic) bond motifs is 2. The molecule has 0 atom stereocenters. The predicted molar refractivity (Wildman–Crippen MR) is 210 cm³/mol. The van der Waals surface area contributed by atoms with Gasteiger partial charge in [-0.3, -0.25) is 0 Å². The molecule has 0 nitrogen and oxygen atoms in total. The fourth-order valence-corrected chi connectivity index (χ4v) is 10.9. The normalized spacial score (nSPS) is 11.7. The lowest BCUT2D eigenvalue weighted by atomic mass is 9.90. The Labute approximate surface area is 290 Å². The highest BCUT2D eigenvalue weighted by molar-refractivity contribution is 7.24. The van der Waals surface area contributed by atoms with Gasteiger partial charge in [-0.2, -0.15) is 0 Å². The number of aryl methyl sites for hydroxylation is 2. The maximum atomic E-state index is 2.43. The van der Waals surface area contributed by atoms with Gasteiger partial charge in [0.25, 0.3) is 0 Å². The molecular weight excluding hydrogens is 633 g/mol. The number of benzene rings is 3. The van der Waals surface area contributed by atoms with E-state index in [2.05, 4.69) is 110 Å². The third kappa shape index (κ3) is 6.69. The van der Waals surface area contributed by atoms with Crippen LogP contribution >= 0.6 is 45.3 Å². The van der Waals surface area contributed by atoms with E-state index in [0.29, 0.717) is 0 Å². The molecule has 7 rings (SSSR count). The van der Waals surface area contributed by atoms with Crippen LogP contribution in [0.1, 0.15) is 76.3 Å². The second-order valence-corrected chi connectivity index (χ2v) is 16.4. The maximum absolute atomic E-state index is 2.43. The van der Waals surface area contributed by atoms with Crippen LogP contribution in [0.3, 0.4) is 0 Å². The SMILES string of the molecule is CCCCCCc1csc(-c2ccc(-c3c4ccccc4c(-c4ccc(-c5cc(CCCCCC)cs5)s4)c4ccccc34)s2)c1. The first-order valence-electron chi connectivity index (χ1n) is 17.0. The lowest BCUT2D eigenvalue weighted by Crippen LogP contribution is -1.87. The minimum absolute atomic E-state index is 1.20. The van der Waals surface area contributed by atoms with Gasteiger partial charge in [-0.25, -0.2) is 0 Å². The standard InChI is InChI=1S/C42H42S4/c1-3-5-7-9-15-29-25-39(43-27-29)35-21-23-37(45-35)41-31-17-11-13-19-33(31)42(34-20-14-12-18-32(34)41)38-24-22-36(46-38)40-26-30(28-44-40)16-10-8-6-4-2/h11-14,17-28H,3-10,15-16H2,1-2H3. The van der Waals surface area contributed by atoms with Crippen molar-refractivity contribution in [1.29, 1.82) is 0 Å². The number of thiophene rings is 4. The van der Waals surface area contributed by atoms with Crippen molar-refractivity contribution >= 4 is 66.9 Å². The minimum Gasteiger partial charge on any atom is -0.143 e. The van der Waals surface area contributed by atoms with Crippen LogP contribution in [-0.4, -0.2) is 0 Å². The molecule has 3 aromatic carbocycles. The van der Waals surface area contributed by atoms with Crippen molar-refractivity contribution in [3.05, 3.63) is 107 Å². The third-order valence-electron chi connectivity index (χ3n) is 9.07. The Morgan fingerprint density at radius 1 is 0.413 bits per heavy atom. The predicted octanol–water partition coefficient (Wildman–Crippen LogP) is 15.2. The molecule has 0 N–H and O–H groups in total. The fourth-order valence-electron chi connectivity index (χ4n) is 6.65. The molecule has 0 unspecified atom stereocenters. The molecule has 0 saturated carbocycles. The number of rotatable bonds is 14. The summed E-state index contributed by atoms with van der Waals surface area (Å²) in [6, 6.07) is 32.4. The van der Waals surface area contributed by atoms with Gasteiger partial charge < -0.3 is 0 Å². The van der Waals surface area contributed by atoms with E-state index < -0.39 is 0 Å². The quantitative estimate of drug-likeness (QED) is 0.0795. The molecule has 0 aliphatic carbocycles. The molecule has 0 saturated heterocycles. The Morgan fingerprint density at radius 3 is 1.20 bits per heavy atom. The lowest BCUT2D eigenvalue weighted by molar-refractivity contribution is 0.667. The average Bonchev–Trinajstić information content (AvgIpc) is 3.91. The van der Waals surface area contributed by atoms with Crippen molar-refractivity contribution in [2.45, 2.75) is 78.1 Å². The zero-order chi connectivity index (χ0) is 31.3. The Balaban J connectivity index is 1.24. The molecule has 0 aliphatic rings. The molecule has 0 fully saturated rings. The summed E-state index contributed by atoms with van der Waals surface area (Å²) < 4.78 is 0. The second-order valence-electron chi connectivity index (χ2n) is 12.4. The van der Waals surface area contributed by atoms with Crippen molar-refractivity contribution in [3.63, 3.8) is 0 Å². The summed E-state index contributed by atoms with van der Waals surface area (Å²) in [4.78, 5) is 8.25. The van der Waals surface area contributed by atoms with Crippen LogP contribution in [0.4, 0.5) is 0 Å². The van der Waals surface area contributed by atoms with Gasteiger partial charge in [-0.15, -0.1) is 45.3 Å².